The van der Waals surface area contributed by atoms with Crippen LogP contribution in [0.5, 0.6) is 0 Å². The number of carbonyl (C=O) groups is 4. The van der Waals surface area contributed by atoms with E-state index in [1.807, 2.05) is 0 Å². The van der Waals surface area contributed by atoms with E-state index in [1.165, 1.54) is 0 Å². The molecule has 0 aromatic rings. The molecule has 1 N–H and O–H groups in total. The third-order valence-corrected chi connectivity index (χ3v) is 1.38. The van der Waals surface area contributed by atoms with Gasteiger partial charge in [0, 0.05) is 11.9 Å². The van der Waals surface area contributed by atoms with E-state index >= 15 is 0 Å². The fraction of sp³-hybridized carbons (Fsp3) is 0.250. The highest BCUT2D eigenvalue weighted by Gasteiger charge is 2.11. The maximum absolute atomic E-state index is 10.4. The summed E-state index contributed by atoms with van der Waals surface area (Å²) in [5, 5.41) is 28.5. The number of carboxylic acids is 3. The average Bonchev–Trinajstić information content (AvgIpc) is 2.10. The van der Waals surface area contributed by atoms with Crippen molar-refractivity contribution >= 4 is 23.7 Å². The molecule has 0 aliphatic carbocycles. The third kappa shape index (κ3) is 5.19. The standard InChI is InChI=1S/C8H8O7/c9-5(8(14)15)2-1-4(7(12)13)3-6(10)11/h1-2,4H,3H2,(H,10,11)(H,12,13)(H,14,15)/p-2/b2-1-. The molecule has 1 atom stereocenters. The predicted octanol–water partition coefficient (Wildman–Crippen LogP) is -3.30. The van der Waals surface area contributed by atoms with E-state index in [0.29, 0.717) is 12.2 Å². The van der Waals surface area contributed by atoms with Crippen LogP contribution in [0.15, 0.2) is 12.2 Å². The van der Waals surface area contributed by atoms with E-state index in [1.54, 1.807) is 0 Å². The molecule has 0 saturated carbocycles. The van der Waals surface area contributed by atoms with Crippen LogP contribution < -0.4 is 10.2 Å². The van der Waals surface area contributed by atoms with Crippen molar-refractivity contribution in [2.75, 3.05) is 0 Å². The molecule has 0 heterocycles. The van der Waals surface area contributed by atoms with Gasteiger partial charge >= 0.3 is 5.97 Å². The molecule has 0 radical (unpaired) electrons. The Bertz CT molecular complexity index is 328. The average molecular weight is 214 g/mol. The molecule has 7 nitrogen and oxygen atoms in total. The highest BCUT2D eigenvalue weighted by molar-refractivity contribution is 6.36. The van der Waals surface area contributed by atoms with Gasteiger partial charge in [0.05, 0.1) is 6.42 Å². The SMILES string of the molecule is O=C(O)CC(/C=C\C(=O)C(=O)[O-])C(=O)[O-]. The van der Waals surface area contributed by atoms with Gasteiger partial charge in [-0.3, -0.25) is 9.59 Å². The number of rotatable bonds is 6. The van der Waals surface area contributed by atoms with Crippen LogP contribution in [0, 0.1) is 5.92 Å². The Labute approximate surface area is 83.6 Å². The van der Waals surface area contributed by atoms with E-state index in [-0.39, 0.29) is 0 Å². The van der Waals surface area contributed by atoms with Crippen LogP contribution in [-0.4, -0.2) is 28.8 Å². The smallest absolute Gasteiger partial charge is 0.304 e. The van der Waals surface area contributed by atoms with Crippen molar-refractivity contribution in [1.82, 2.24) is 0 Å². The van der Waals surface area contributed by atoms with E-state index in [2.05, 4.69) is 0 Å². The Balaban J connectivity index is 4.54. The van der Waals surface area contributed by atoms with Crippen molar-refractivity contribution in [2.45, 2.75) is 6.42 Å². The van der Waals surface area contributed by atoms with Gasteiger partial charge in [0.2, 0.25) is 5.78 Å². The minimum absolute atomic E-state index is 0.429. The van der Waals surface area contributed by atoms with E-state index < -0.39 is 36.0 Å². The maximum Gasteiger partial charge on any atom is 0.304 e. The highest BCUT2D eigenvalue weighted by atomic mass is 16.4. The molecule has 0 fully saturated rings. The molecular formula is C8H6O7-2. The second-order valence-corrected chi connectivity index (χ2v) is 2.53. The van der Waals surface area contributed by atoms with Crippen LogP contribution in [0.3, 0.4) is 0 Å². The van der Waals surface area contributed by atoms with Crippen LogP contribution in [0.25, 0.3) is 0 Å². The van der Waals surface area contributed by atoms with Gasteiger partial charge in [-0.05, 0) is 6.08 Å². The topological polar surface area (TPSA) is 135 Å². The summed E-state index contributed by atoms with van der Waals surface area (Å²) in [6, 6.07) is 0. The van der Waals surface area contributed by atoms with Crippen LogP contribution in [-0.2, 0) is 19.2 Å². The molecule has 1 unspecified atom stereocenters. The Morgan fingerprint density at radius 2 is 1.73 bits per heavy atom. The lowest BCUT2D eigenvalue weighted by Gasteiger charge is -2.10. The zero-order valence-electron chi connectivity index (χ0n) is 7.34. The zero-order valence-corrected chi connectivity index (χ0v) is 7.34. The first-order valence-electron chi connectivity index (χ1n) is 3.70. The summed E-state index contributed by atoms with van der Waals surface area (Å²) in [4.78, 5) is 40.8. The summed E-state index contributed by atoms with van der Waals surface area (Å²) in [7, 11) is 0. The first-order valence-corrected chi connectivity index (χ1v) is 3.70. The normalized spacial score (nSPS) is 12.3. The van der Waals surface area contributed by atoms with E-state index in [9.17, 15) is 29.4 Å². The first-order chi connectivity index (χ1) is 6.84. The van der Waals surface area contributed by atoms with Crippen molar-refractivity contribution in [1.29, 1.82) is 0 Å². The summed E-state index contributed by atoms with van der Waals surface area (Å²) in [6.07, 6.45) is 0.277. The number of ketones is 1. The van der Waals surface area contributed by atoms with Gasteiger partial charge in [0.1, 0.15) is 5.97 Å². The first kappa shape index (κ1) is 12.8. The molecule has 0 rings (SSSR count). The van der Waals surface area contributed by atoms with Gasteiger partial charge in [0.25, 0.3) is 0 Å². The second-order valence-electron chi connectivity index (χ2n) is 2.53. The summed E-state index contributed by atoms with van der Waals surface area (Å²) in [6.45, 7) is 0. The highest BCUT2D eigenvalue weighted by Crippen LogP contribution is 2.03. The van der Waals surface area contributed by atoms with Crippen LogP contribution in [0.1, 0.15) is 6.42 Å². The molecule has 15 heavy (non-hydrogen) atoms. The lowest BCUT2D eigenvalue weighted by molar-refractivity contribution is -0.310. The molecule has 82 valence electrons. The zero-order chi connectivity index (χ0) is 12.0. The van der Waals surface area contributed by atoms with Crippen LogP contribution in [0.4, 0.5) is 0 Å². The molecular weight excluding hydrogens is 208 g/mol. The van der Waals surface area contributed by atoms with Crippen molar-refractivity contribution in [3.8, 4) is 0 Å². The van der Waals surface area contributed by atoms with Crippen molar-refractivity contribution in [3.05, 3.63) is 12.2 Å². The van der Waals surface area contributed by atoms with Crippen molar-refractivity contribution in [3.63, 3.8) is 0 Å². The third-order valence-electron chi connectivity index (χ3n) is 1.38. The molecule has 0 spiro atoms. The second kappa shape index (κ2) is 5.53. The lowest BCUT2D eigenvalue weighted by atomic mass is 10.1. The van der Waals surface area contributed by atoms with Gasteiger partial charge in [0.15, 0.2) is 0 Å². The van der Waals surface area contributed by atoms with Gasteiger partial charge in [-0.25, -0.2) is 0 Å². The summed E-state index contributed by atoms with van der Waals surface area (Å²) >= 11 is 0. The molecule has 0 saturated heterocycles. The molecule has 0 aliphatic rings. The van der Waals surface area contributed by atoms with Gasteiger partial charge in [-0.2, -0.15) is 0 Å². The number of carbonyl (C=O) groups excluding carboxylic acids is 3. The monoisotopic (exact) mass is 214 g/mol. The minimum Gasteiger partial charge on any atom is -0.550 e. The molecule has 0 aromatic carbocycles. The number of aliphatic carboxylic acids is 3. The number of carboxylic acid groups (broad SMARTS) is 3. The number of hydrogen-bond donors (Lipinski definition) is 1. The summed E-state index contributed by atoms with van der Waals surface area (Å²) in [5.74, 6) is -8.11. The number of hydrogen-bond acceptors (Lipinski definition) is 6. The van der Waals surface area contributed by atoms with Gasteiger partial charge in [-0.1, -0.05) is 6.08 Å². The Kier molecular flexibility index (Phi) is 4.73. The quantitative estimate of drug-likeness (QED) is 0.361. The Morgan fingerprint density at radius 3 is 2.07 bits per heavy atom. The van der Waals surface area contributed by atoms with Crippen LogP contribution >= 0.6 is 0 Å². The molecule has 0 bridgehead atoms. The lowest BCUT2D eigenvalue weighted by Crippen LogP contribution is -2.33. The fourth-order valence-electron chi connectivity index (χ4n) is 0.690. The summed E-state index contributed by atoms with van der Waals surface area (Å²) < 4.78 is 0. The molecule has 0 aromatic heterocycles. The fourth-order valence-corrected chi connectivity index (χ4v) is 0.690. The largest absolute Gasteiger partial charge is 0.550 e. The van der Waals surface area contributed by atoms with E-state index in [0.717, 1.165) is 0 Å². The van der Waals surface area contributed by atoms with Crippen molar-refractivity contribution in [2.24, 2.45) is 5.92 Å². The van der Waals surface area contributed by atoms with Gasteiger partial charge < -0.3 is 24.9 Å². The maximum atomic E-state index is 10.4. The van der Waals surface area contributed by atoms with Crippen molar-refractivity contribution < 1.29 is 34.5 Å². The Hall–Kier alpha value is -2.18. The molecule has 0 aliphatic heterocycles. The molecule has 7 heteroatoms. The predicted molar refractivity (Wildman–Crippen MR) is 39.9 cm³/mol. The van der Waals surface area contributed by atoms with Crippen LogP contribution in [0.2, 0.25) is 0 Å². The summed E-state index contributed by atoms with van der Waals surface area (Å²) in [5.41, 5.74) is 0. The molecule has 0 amide bonds. The Morgan fingerprint density at radius 1 is 1.20 bits per heavy atom. The minimum atomic E-state index is -2.00. The van der Waals surface area contributed by atoms with Gasteiger partial charge in [-0.15, -0.1) is 0 Å². The van der Waals surface area contributed by atoms with E-state index in [4.69, 9.17) is 5.11 Å².